The van der Waals surface area contributed by atoms with Gasteiger partial charge in [0.05, 0.1) is 0 Å². The first-order valence-electron chi connectivity index (χ1n) is 4.86. The number of pyridine rings is 1. The van der Waals surface area contributed by atoms with Crippen LogP contribution in [0.2, 0.25) is 0 Å². The molecular weight excluding hydrogens is 188 g/mol. The van der Waals surface area contributed by atoms with Gasteiger partial charge in [-0.2, -0.15) is 0 Å². The molecule has 0 amide bonds. The molecule has 0 saturated carbocycles. The Morgan fingerprint density at radius 2 is 1.80 bits per heavy atom. The normalized spacial score (nSPS) is 33.5. The zero-order valence-electron chi connectivity index (χ0n) is 8.76. The van der Waals surface area contributed by atoms with Crippen LogP contribution in [0.25, 0.3) is 0 Å². The summed E-state index contributed by atoms with van der Waals surface area (Å²) in [6.07, 6.45) is 1.72. The summed E-state index contributed by atoms with van der Waals surface area (Å²) in [5.41, 5.74) is 0.755. The van der Waals surface area contributed by atoms with Gasteiger partial charge in [-0.15, -0.1) is 0 Å². The molecule has 0 radical (unpaired) electrons. The second kappa shape index (κ2) is 4.28. The molecule has 3 saturated heterocycles. The van der Waals surface area contributed by atoms with Crippen molar-refractivity contribution in [3.8, 4) is 0 Å². The monoisotopic (exact) mass is 199 g/mol. The Morgan fingerprint density at radius 3 is 2.33 bits per heavy atom. The van der Waals surface area contributed by atoms with Crippen LogP contribution in [-0.2, 0) is 14.0 Å². The Bertz CT molecular complexity index is 316. The van der Waals surface area contributed by atoms with Crippen molar-refractivity contribution >= 4 is 12.3 Å². The molecule has 74 valence electrons. The van der Waals surface area contributed by atoms with E-state index in [0.29, 0.717) is 5.92 Å². The van der Waals surface area contributed by atoms with E-state index in [2.05, 4.69) is 4.98 Å². The van der Waals surface area contributed by atoms with E-state index < -0.39 is 6.75 Å². The number of hydrogen-bond acceptors (Lipinski definition) is 4. The molecule has 4 nitrogen and oxygen atoms in total. The largest absolute Gasteiger partial charge is 1.00 e. The summed E-state index contributed by atoms with van der Waals surface area (Å²) < 4.78 is 16.8. The van der Waals surface area contributed by atoms with Crippen molar-refractivity contribution in [1.82, 2.24) is 4.98 Å². The minimum Gasteiger partial charge on any atom is -0.539 e. The number of hydrogen-bond donors (Lipinski definition) is 0. The van der Waals surface area contributed by atoms with Gasteiger partial charge in [-0.25, -0.2) is 0 Å². The van der Waals surface area contributed by atoms with Crippen LogP contribution in [0.5, 0.6) is 0 Å². The Balaban J connectivity index is 0.000000853. The average Bonchev–Trinajstić information content (AvgIpc) is 2.33. The van der Waals surface area contributed by atoms with Crippen LogP contribution in [0.1, 0.15) is 0 Å². The Kier molecular flexibility index (Phi) is 3.19. The molecule has 6 heteroatoms. The summed E-state index contributed by atoms with van der Waals surface area (Å²) in [5, 5.41) is 0. The van der Waals surface area contributed by atoms with E-state index >= 15 is 0 Å². The van der Waals surface area contributed by atoms with Crippen molar-refractivity contribution in [1.29, 1.82) is 0 Å². The molecule has 0 aromatic carbocycles. The molecule has 1 aromatic heterocycles. The van der Waals surface area contributed by atoms with Crippen LogP contribution in [0.4, 0.5) is 0 Å². The van der Waals surface area contributed by atoms with Crippen LogP contribution in [0.3, 0.4) is 0 Å². The quantitative estimate of drug-likeness (QED) is 0.450. The second-order valence-corrected chi connectivity index (χ2v) is 3.76. The average molecular weight is 199 g/mol. The van der Waals surface area contributed by atoms with Crippen LogP contribution in [-0.4, -0.2) is 31.6 Å². The van der Waals surface area contributed by atoms with Crippen LogP contribution in [0.15, 0.2) is 24.4 Å². The van der Waals surface area contributed by atoms with Gasteiger partial charge in [0.1, 0.15) is 0 Å². The molecule has 0 N–H and O–H groups in total. The molecule has 0 unspecified atom stereocenters. The first-order valence-corrected chi connectivity index (χ1v) is 4.86. The van der Waals surface area contributed by atoms with Crippen molar-refractivity contribution in [2.45, 2.75) is 0 Å². The number of nitrogens with zero attached hydrogens (tertiary/aromatic N) is 1. The van der Waals surface area contributed by atoms with Gasteiger partial charge in [0.15, 0.2) is 0 Å². The molecule has 15 heavy (non-hydrogen) atoms. The van der Waals surface area contributed by atoms with Crippen molar-refractivity contribution in [3.05, 3.63) is 24.4 Å². The van der Waals surface area contributed by atoms with E-state index in [1.54, 1.807) is 6.20 Å². The Hall–Kier alpha value is -0.308. The van der Waals surface area contributed by atoms with Gasteiger partial charge in [0.2, 0.25) is 0 Å². The minimum absolute atomic E-state index is 0. The van der Waals surface area contributed by atoms with Crippen molar-refractivity contribution in [3.63, 3.8) is 0 Å². The van der Waals surface area contributed by atoms with E-state index in [1.165, 1.54) is 0 Å². The van der Waals surface area contributed by atoms with Gasteiger partial charge in [0, 0.05) is 31.9 Å². The van der Waals surface area contributed by atoms with Crippen LogP contribution >= 0.6 is 0 Å². The molecule has 4 rings (SSSR count). The van der Waals surface area contributed by atoms with Crippen LogP contribution in [0, 0.1) is 5.92 Å². The number of aromatic nitrogens is 1. The zero-order valence-corrected chi connectivity index (χ0v) is 8.76. The Labute approximate surface area is 101 Å². The zero-order chi connectivity index (χ0) is 9.43. The molecule has 2 bridgehead atoms. The fraction of sp³-hybridized carbons (Fsp3) is 0.444. The first kappa shape index (κ1) is 11.2. The van der Waals surface area contributed by atoms with Crippen molar-refractivity contribution in [2.75, 3.05) is 19.8 Å². The standard InChI is InChI=1S/C9H11BNO3.Li/c1-2-4-11-9(3-1)10-12-5-8(6-13-10)7-14-10;/h1-4,8H,5-7H2;/q-1;+1. The molecule has 0 aliphatic carbocycles. The van der Waals surface area contributed by atoms with Gasteiger partial charge in [-0.1, -0.05) is 12.1 Å². The van der Waals surface area contributed by atoms with E-state index in [-0.39, 0.29) is 18.9 Å². The second-order valence-electron chi connectivity index (χ2n) is 3.76. The predicted molar refractivity (Wildman–Crippen MR) is 51.0 cm³/mol. The summed E-state index contributed by atoms with van der Waals surface area (Å²) in [6.45, 7) is 0.429. The van der Waals surface area contributed by atoms with Gasteiger partial charge >= 0.3 is 25.6 Å². The molecule has 0 atom stereocenters. The van der Waals surface area contributed by atoms with E-state index in [9.17, 15) is 0 Å². The topological polar surface area (TPSA) is 40.6 Å². The van der Waals surface area contributed by atoms with Gasteiger partial charge in [-0.05, 0) is 11.7 Å². The molecule has 1 aromatic rings. The van der Waals surface area contributed by atoms with Crippen LogP contribution < -0.4 is 24.5 Å². The third kappa shape index (κ3) is 1.86. The van der Waals surface area contributed by atoms with E-state index in [0.717, 1.165) is 25.4 Å². The Morgan fingerprint density at radius 1 is 1.13 bits per heavy atom. The molecule has 3 aliphatic heterocycles. The smallest absolute Gasteiger partial charge is 0.539 e. The predicted octanol–water partition coefficient (Wildman–Crippen LogP) is -3.08. The molecule has 4 heterocycles. The summed E-state index contributed by atoms with van der Waals surface area (Å²) in [6, 6.07) is 5.66. The maximum absolute atomic E-state index is 5.61. The SMILES string of the molecule is [Li+].c1ccc([B-]23OCC(CO2)CO3)nc1. The summed E-state index contributed by atoms with van der Waals surface area (Å²) >= 11 is 0. The van der Waals surface area contributed by atoms with Gasteiger partial charge in [0.25, 0.3) is 0 Å². The molecule has 3 aliphatic rings. The summed E-state index contributed by atoms with van der Waals surface area (Å²) in [5.74, 6) is 0.391. The summed E-state index contributed by atoms with van der Waals surface area (Å²) in [4.78, 5) is 4.22. The maximum Gasteiger partial charge on any atom is 1.00 e. The first-order chi connectivity index (χ1) is 6.89. The number of rotatable bonds is 1. The molecular formula is C9H11BLiNO3. The maximum atomic E-state index is 5.61. The van der Waals surface area contributed by atoms with E-state index in [4.69, 9.17) is 14.0 Å². The van der Waals surface area contributed by atoms with E-state index in [1.807, 2.05) is 18.2 Å². The van der Waals surface area contributed by atoms with Crippen molar-refractivity contribution < 1.29 is 32.8 Å². The molecule has 0 spiro atoms. The van der Waals surface area contributed by atoms with Gasteiger partial charge in [-0.3, -0.25) is 4.98 Å². The summed E-state index contributed by atoms with van der Waals surface area (Å²) in [7, 11) is 0. The van der Waals surface area contributed by atoms with Gasteiger partial charge < -0.3 is 14.0 Å². The fourth-order valence-electron chi connectivity index (χ4n) is 1.92. The fourth-order valence-corrected chi connectivity index (χ4v) is 1.92. The van der Waals surface area contributed by atoms with Crippen molar-refractivity contribution in [2.24, 2.45) is 5.92 Å². The number of fused-ring (bicyclic) bond motifs is 3. The minimum atomic E-state index is -1.73. The third-order valence-corrected chi connectivity index (χ3v) is 2.70. The molecule has 3 fully saturated rings. The third-order valence-electron chi connectivity index (χ3n) is 2.70.